The minimum atomic E-state index is -3.67. The van der Waals surface area contributed by atoms with Gasteiger partial charge in [-0.3, -0.25) is 0 Å². The van der Waals surface area contributed by atoms with Gasteiger partial charge in [-0.2, -0.15) is 0 Å². The quantitative estimate of drug-likeness (QED) is 0.668. The number of aromatic nitrogens is 2. The maximum atomic E-state index is 12.4. The number of nitrogens with one attached hydrogen (secondary N) is 1. The number of rotatable bonds is 7. The topological polar surface area (TPSA) is 94.3 Å². The fourth-order valence-electron chi connectivity index (χ4n) is 2.53. The molecule has 2 aromatic carbocycles. The highest BCUT2D eigenvalue weighted by Crippen LogP contribution is 2.28. The molecule has 0 aliphatic heterocycles. The molecule has 0 radical (unpaired) electrons. The summed E-state index contributed by atoms with van der Waals surface area (Å²) < 4.78 is 38.2. The Kier molecular flexibility index (Phi) is 5.57. The molecule has 8 heteroatoms. The Morgan fingerprint density at radius 2 is 1.78 bits per heavy atom. The van der Waals surface area contributed by atoms with E-state index in [9.17, 15) is 8.42 Å². The molecule has 3 aromatic rings. The van der Waals surface area contributed by atoms with Gasteiger partial charge in [0.2, 0.25) is 15.9 Å². The van der Waals surface area contributed by atoms with Crippen LogP contribution < -0.4 is 9.46 Å². The Morgan fingerprint density at radius 1 is 1.07 bits per heavy atom. The van der Waals surface area contributed by atoms with Crippen molar-refractivity contribution >= 4 is 10.0 Å². The van der Waals surface area contributed by atoms with Crippen LogP contribution in [0.5, 0.6) is 5.75 Å². The molecule has 0 atom stereocenters. The smallest absolute Gasteiger partial charge is 0.251 e. The van der Waals surface area contributed by atoms with Crippen molar-refractivity contribution in [2.45, 2.75) is 31.2 Å². The maximum absolute atomic E-state index is 12.4. The minimum Gasteiger partial charge on any atom is -0.496 e. The summed E-state index contributed by atoms with van der Waals surface area (Å²) >= 11 is 0. The molecule has 0 aliphatic carbocycles. The zero-order chi connectivity index (χ0) is 19.4. The van der Waals surface area contributed by atoms with Crippen LogP contribution in [0.1, 0.15) is 31.2 Å². The lowest BCUT2D eigenvalue weighted by Crippen LogP contribution is -2.23. The lowest BCUT2D eigenvalue weighted by atomic mass is 10.0. The first-order valence-corrected chi connectivity index (χ1v) is 9.94. The van der Waals surface area contributed by atoms with Crippen molar-refractivity contribution in [3.63, 3.8) is 0 Å². The summed E-state index contributed by atoms with van der Waals surface area (Å²) in [4.78, 5) is 0.191. The second-order valence-electron chi connectivity index (χ2n) is 6.25. The van der Waals surface area contributed by atoms with Crippen LogP contribution in [0, 0.1) is 0 Å². The fraction of sp³-hybridized carbons (Fsp3) is 0.263. The van der Waals surface area contributed by atoms with Crippen LogP contribution in [0.2, 0.25) is 0 Å². The predicted octanol–water partition coefficient (Wildman–Crippen LogP) is 3.35. The van der Waals surface area contributed by atoms with Gasteiger partial charge in [0.1, 0.15) is 5.75 Å². The molecule has 0 spiro atoms. The number of sulfonamides is 1. The van der Waals surface area contributed by atoms with Crippen LogP contribution in [0.15, 0.2) is 57.8 Å². The summed E-state index contributed by atoms with van der Waals surface area (Å²) in [6.07, 6.45) is 0. The highest BCUT2D eigenvalue weighted by Gasteiger charge is 2.17. The summed E-state index contributed by atoms with van der Waals surface area (Å²) in [5.74, 6) is 1.36. The molecule has 27 heavy (non-hydrogen) atoms. The SMILES string of the molecule is COc1ccccc1-c1nnc(CNS(=O)(=O)c2ccc(C(C)C)cc2)o1. The summed E-state index contributed by atoms with van der Waals surface area (Å²) in [6, 6.07) is 14.0. The monoisotopic (exact) mass is 387 g/mol. The number of para-hydroxylation sites is 1. The van der Waals surface area contributed by atoms with E-state index in [1.165, 1.54) is 0 Å². The molecule has 142 valence electrons. The van der Waals surface area contributed by atoms with E-state index in [4.69, 9.17) is 9.15 Å². The second kappa shape index (κ2) is 7.89. The average molecular weight is 387 g/mol. The highest BCUT2D eigenvalue weighted by molar-refractivity contribution is 7.89. The van der Waals surface area contributed by atoms with Crippen molar-refractivity contribution in [2.75, 3.05) is 7.11 Å². The van der Waals surface area contributed by atoms with E-state index >= 15 is 0 Å². The number of methoxy groups -OCH3 is 1. The van der Waals surface area contributed by atoms with E-state index in [1.807, 2.05) is 24.3 Å². The van der Waals surface area contributed by atoms with Crippen molar-refractivity contribution in [3.8, 4) is 17.2 Å². The van der Waals surface area contributed by atoms with Gasteiger partial charge in [-0.1, -0.05) is 38.1 Å². The van der Waals surface area contributed by atoms with Gasteiger partial charge in [0.15, 0.2) is 0 Å². The van der Waals surface area contributed by atoms with Gasteiger partial charge in [-0.25, -0.2) is 13.1 Å². The summed E-state index contributed by atoms with van der Waals surface area (Å²) in [6.45, 7) is 4.00. The van der Waals surface area contributed by atoms with Crippen LogP contribution in [-0.2, 0) is 16.6 Å². The first-order chi connectivity index (χ1) is 12.9. The van der Waals surface area contributed by atoms with Gasteiger partial charge in [0, 0.05) is 0 Å². The Labute approximate surface area is 158 Å². The lowest BCUT2D eigenvalue weighted by molar-refractivity contribution is 0.413. The molecule has 3 rings (SSSR count). The molecule has 1 aromatic heterocycles. The Hall–Kier alpha value is -2.71. The van der Waals surface area contributed by atoms with Gasteiger partial charge >= 0.3 is 0 Å². The van der Waals surface area contributed by atoms with Crippen LogP contribution in [0.4, 0.5) is 0 Å². The van der Waals surface area contributed by atoms with Gasteiger partial charge in [-0.05, 0) is 35.7 Å². The molecule has 7 nitrogen and oxygen atoms in total. The largest absolute Gasteiger partial charge is 0.496 e. The fourth-order valence-corrected chi connectivity index (χ4v) is 3.50. The Bertz CT molecular complexity index is 1010. The molecule has 0 saturated heterocycles. The van der Waals surface area contributed by atoms with Gasteiger partial charge < -0.3 is 9.15 Å². The van der Waals surface area contributed by atoms with Crippen LogP contribution in [0.3, 0.4) is 0 Å². The zero-order valence-electron chi connectivity index (χ0n) is 15.3. The van der Waals surface area contributed by atoms with Crippen molar-refractivity contribution in [1.29, 1.82) is 0 Å². The lowest BCUT2D eigenvalue weighted by Gasteiger charge is -2.08. The van der Waals surface area contributed by atoms with Crippen molar-refractivity contribution in [3.05, 3.63) is 60.0 Å². The molecule has 0 unspecified atom stereocenters. The van der Waals surface area contributed by atoms with E-state index in [2.05, 4.69) is 28.8 Å². The van der Waals surface area contributed by atoms with E-state index in [0.29, 0.717) is 17.2 Å². The molecule has 0 bridgehead atoms. The van der Waals surface area contributed by atoms with E-state index in [1.54, 1.807) is 31.4 Å². The third-order valence-corrected chi connectivity index (χ3v) is 5.49. The first-order valence-electron chi connectivity index (χ1n) is 8.46. The maximum Gasteiger partial charge on any atom is 0.251 e. The first kappa shape index (κ1) is 19.1. The molecular weight excluding hydrogens is 366 g/mol. The molecule has 0 amide bonds. The molecule has 1 N–H and O–H groups in total. The normalized spacial score (nSPS) is 11.7. The van der Waals surface area contributed by atoms with Crippen molar-refractivity contribution in [1.82, 2.24) is 14.9 Å². The van der Waals surface area contributed by atoms with Crippen molar-refractivity contribution in [2.24, 2.45) is 0 Å². The number of ether oxygens (including phenoxy) is 1. The van der Waals surface area contributed by atoms with Crippen LogP contribution in [0.25, 0.3) is 11.5 Å². The predicted molar refractivity (Wildman–Crippen MR) is 101 cm³/mol. The summed E-state index contributed by atoms with van der Waals surface area (Å²) in [5.41, 5.74) is 1.72. The number of hydrogen-bond acceptors (Lipinski definition) is 6. The highest BCUT2D eigenvalue weighted by atomic mass is 32.2. The minimum absolute atomic E-state index is 0.101. The Balaban J connectivity index is 1.72. The summed E-state index contributed by atoms with van der Waals surface area (Å²) in [5, 5.41) is 7.87. The standard InChI is InChI=1S/C19H21N3O4S/c1-13(2)14-8-10-15(11-9-14)27(23,24)20-12-18-21-22-19(26-18)16-6-4-5-7-17(16)25-3/h4-11,13,20H,12H2,1-3H3. The number of nitrogens with zero attached hydrogens (tertiary/aromatic N) is 2. The van der Waals surface area contributed by atoms with E-state index < -0.39 is 10.0 Å². The van der Waals surface area contributed by atoms with Crippen LogP contribution >= 0.6 is 0 Å². The molecular formula is C19H21N3O4S. The molecule has 1 heterocycles. The third-order valence-electron chi connectivity index (χ3n) is 4.07. The van der Waals surface area contributed by atoms with Crippen LogP contribution in [-0.4, -0.2) is 25.7 Å². The zero-order valence-corrected chi connectivity index (χ0v) is 16.2. The van der Waals surface area contributed by atoms with Gasteiger partial charge in [0.05, 0.1) is 24.1 Å². The van der Waals surface area contributed by atoms with E-state index in [-0.39, 0.29) is 23.2 Å². The summed E-state index contributed by atoms with van der Waals surface area (Å²) in [7, 11) is -2.12. The van der Waals surface area contributed by atoms with Gasteiger partial charge in [-0.15, -0.1) is 10.2 Å². The molecule has 0 aliphatic rings. The van der Waals surface area contributed by atoms with Gasteiger partial charge in [0.25, 0.3) is 5.89 Å². The van der Waals surface area contributed by atoms with E-state index in [0.717, 1.165) is 5.56 Å². The Morgan fingerprint density at radius 3 is 2.44 bits per heavy atom. The average Bonchev–Trinajstić information content (AvgIpc) is 3.15. The van der Waals surface area contributed by atoms with Crippen molar-refractivity contribution < 1.29 is 17.6 Å². The number of benzene rings is 2. The molecule has 0 saturated carbocycles. The third kappa shape index (κ3) is 4.35. The second-order valence-corrected chi connectivity index (χ2v) is 8.02. The number of hydrogen-bond donors (Lipinski definition) is 1. The molecule has 0 fully saturated rings.